The van der Waals surface area contributed by atoms with Crippen molar-refractivity contribution in [1.82, 2.24) is 4.90 Å². The van der Waals surface area contributed by atoms with E-state index in [0.29, 0.717) is 44.0 Å². The third-order valence-electron chi connectivity index (χ3n) is 10.4. The van der Waals surface area contributed by atoms with Gasteiger partial charge in [0.2, 0.25) is 12.6 Å². The molecule has 3 aliphatic rings. The molecule has 7 rings (SSSR count). The molecule has 3 saturated heterocycles. The summed E-state index contributed by atoms with van der Waals surface area (Å²) in [5.41, 5.74) is 1.24. The van der Waals surface area contributed by atoms with Crippen molar-refractivity contribution in [2.75, 3.05) is 26.2 Å². The molecule has 0 radical (unpaired) electrons. The second kappa shape index (κ2) is 17.6. The molecule has 17 nitrogen and oxygen atoms in total. The van der Waals surface area contributed by atoms with E-state index in [4.69, 9.17) is 23.7 Å². The lowest BCUT2D eigenvalue weighted by atomic mass is 9.97. The first kappa shape index (κ1) is 41.4. The summed E-state index contributed by atoms with van der Waals surface area (Å²) in [4.78, 5) is 40.4. The lowest BCUT2D eigenvalue weighted by Crippen LogP contribution is -2.61. The average Bonchev–Trinajstić information content (AvgIpc) is 3.60. The Morgan fingerprint density at radius 1 is 0.655 bits per heavy atom. The highest BCUT2D eigenvalue weighted by molar-refractivity contribution is 7.22. The number of ketones is 1. The van der Waals surface area contributed by atoms with Gasteiger partial charge in [0.15, 0.2) is 18.0 Å². The standard InChI is InChI=1S/C40H43NO16S/c42-27(19-4-8-21(9-5-19)53-17-16-41-14-2-1-3-15-41)26-24-13-12-23(55-40-33(48)29(44)31(46)35(57-40)38(51)52)18-25(24)58-36(26)20-6-10-22(11-7-20)54-39-32(47)28(43)30(45)34(56-39)37(49)50/h4-13,18,28-35,39-40,43-48H,1-3,14-17H2,(H,49,50)(H,51,52)/t28-,29+,30-,31+,32-,33+,34+,35-,39+,40-/m1/s1. The Balaban J connectivity index is 1.16. The highest BCUT2D eigenvalue weighted by Crippen LogP contribution is 2.42. The summed E-state index contributed by atoms with van der Waals surface area (Å²) in [6.07, 6.45) is -14.5. The molecule has 0 aliphatic carbocycles. The summed E-state index contributed by atoms with van der Waals surface area (Å²) in [5.74, 6) is -2.63. The number of carboxylic acid groups (broad SMARTS) is 2. The number of rotatable bonds is 13. The summed E-state index contributed by atoms with van der Waals surface area (Å²) in [6, 6.07) is 17.7. The number of hydrogen-bond donors (Lipinski definition) is 8. The van der Waals surface area contributed by atoms with Gasteiger partial charge < -0.3 is 64.5 Å². The number of aliphatic hydroxyl groups excluding tert-OH is 6. The Hall–Kier alpha value is -4.73. The zero-order valence-electron chi connectivity index (χ0n) is 30.8. The zero-order valence-corrected chi connectivity index (χ0v) is 31.6. The van der Waals surface area contributed by atoms with E-state index in [0.717, 1.165) is 19.6 Å². The SMILES string of the molecule is O=C(c1ccc(OCCN2CCCCC2)cc1)c1c(-c2ccc(O[C@H]3O[C@H](C(=O)O)[C@H](O)[C@@H](O)[C@H]3O)cc2)sc2cc(O[C@@H]3O[C@@H](C(=O)O)[C@@H](O)[C@H](O)[C@@H]3O)ccc12. The van der Waals surface area contributed by atoms with Crippen molar-refractivity contribution in [1.29, 1.82) is 0 Å². The number of thiophene rings is 1. The summed E-state index contributed by atoms with van der Waals surface area (Å²) in [5, 5.41) is 80.9. The van der Waals surface area contributed by atoms with E-state index >= 15 is 0 Å². The third kappa shape index (κ3) is 8.67. The first-order chi connectivity index (χ1) is 27.8. The van der Waals surface area contributed by atoms with Crippen molar-refractivity contribution in [2.24, 2.45) is 0 Å². The summed E-state index contributed by atoms with van der Waals surface area (Å²) >= 11 is 1.21. The molecule has 10 atom stereocenters. The maximum Gasteiger partial charge on any atom is 0.335 e. The molecular formula is C40H43NO16S. The molecular weight excluding hydrogens is 782 g/mol. The quantitative estimate of drug-likeness (QED) is 0.0881. The second-order valence-corrected chi connectivity index (χ2v) is 15.4. The Labute approximate surface area is 334 Å². The van der Waals surface area contributed by atoms with Crippen LogP contribution in [0.3, 0.4) is 0 Å². The minimum Gasteiger partial charge on any atom is -0.492 e. The van der Waals surface area contributed by atoms with Gasteiger partial charge >= 0.3 is 11.9 Å². The second-order valence-electron chi connectivity index (χ2n) is 14.3. The van der Waals surface area contributed by atoms with Crippen LogP contribution in [0.2, 0.25) is 0 Å². The predicted molar refractivity (Wildman–Crippen MR) is 203 cm³/mol. The van der Waals surface area contributed by atoms with Crippen LogP contribution in [0.1, 0.15) is 35.2 Å². The summed E-state index contributed by atoms with van der Waals surface area (Å²) in [7, 11) is 0. The molecule has 0 saturated carbocycles. The van der Waals surface area contributed by atoms with Crippen molar-refractivity contribution in [3.8, 4) is 27.7 Å². The lowest BCUT2D eigenvalue weighted by Gasteiger charge is -2.38. The molecule has 1 aromatic heterocycles. The number of carbonyl (C=O) groups excluding carboxylic acids is 1. The highest BCUT2D eigenvalue weighted by atomic mass is 32.1. The normalized spacial score (nSPS) is 29.1. The number of aliphatic hydroxyl groups is 6. The summed E-state index contributed by atoms with van der Waals surface area (Å²) in [6.45, 7) is 3.40. The van der Waals surface area contributed by atoms with E-state index in [1.165, 1.54) is 48.8 Å². The number of aliphatic carboxylic acids is 2. The van der Waals surface area contributed by atoms with Crippen molar-refractivity contribution >= 4 is 39.1 Å². The van der Waals surface area contributed by atoms with Gasteiger partial charge in [-0.1, -0.05) is 6.42 Å². The minimum atomic E-state index is -1.90. The zero-order chi connectivity index (χ0) is 41.2. The van der Waals surface area contributed by atoms with E-state index in [1.54, 1.807) is 48.5 Å². The molecule has 4 heterocycles. The monoisotopic (exact) mass is 825 g/mol. The largest absolute Gasteiger partial charge is 0.492 e. The molecule has 0 spiro atoms. The van der Waals surface area contributed by atoms with Gasteiger partial charge in [-0.2, -0.15) is 0 Å². The fourth-order valence-electron chi connectivity index (χ4n) is 7.15. The van der Waals surface area contributed by atoms with Crippen molar-refractivity contribution in [3.63, 3.8) is 0 Å². The molecule has 0 unspecified atom stereocenters. The fourth-order valence-corrected chi connectivity index (χ4v) is 8.39. The van der Waals surface area contributed by atoms with E-state index in [-0.39, 0.29) is 17.3 Å². The Morgan fingerprint density at radius 3 is 1.76 bits per heavy atom. The number of carbonyl (C=O) groups is 3. The van der Waals surface area contributed by atoms with Gasteiger partial charge in [0.1, 0.15) is 60.5 Å². The fraction of sp³-hybridized carbons (Fsp3) is 0.425. The maximum absolute atomic E-state index is 14.4. The number of nitrogens with zero attached hydrogens (tertiary/aromatic N) is 1. The van der Waals surface area contributed by atoms with E-state index < -0.39 is 73.4 Å². The van der Waals surface area contributed by atoms with Gasteiger partial charge in [-0.3, -0.25) is 9.69 Å². The Kier molecular flexibility index (Phi) is 12.6. The van der Waals surface area contributed by atoms with Crippen molar-refractivity contribution in [2.45, 2.75) is 80.7 Å². The molecule has 3 aliphatic heterocycles. The van der Waals surface area contributed by atoms with Crippen LogP contribution < -0.4 is 14.2 Å². The number of benzene rings is 3. The van der Waals surface area contributed by atoms with Gasteiger partial charge in [-0.25, -0.2) is 9.59 Å². The third-order valence-corrected chi connectivity index (χ3v) is 11.6. The first-order valence-electron chi connectivity index (χ1n) is 18.7. The number of carboxylic acids is 2. The van der Waals surface area contributed by atoms with Crippen LogP contribution in [0, 0.1) is 0 Å². The highest BCUT2D eigenvalue weighted by Gasteiger charge is 2.49. The topological polar surface area (TPSA) is 262 Å². The Morgan fingerprint density at radius 2 is 1.19 bits per heavy atom. The van der Waals surface area contributed by atoms with Gasteiger partial charge in [0, 0.05) is 32.6 Å². The summed E-state index contributed by atoms with van der Waals surface area (Å²) < 4.78 is 28.5. The van der Waals surface area contributed by atoms with Crippen LogP contribution >= 0.6 is 11.3 Å². The molecule has 4 aromatic rings. The van der Waals surface area contributed by atoms with Crippen LogP contribution in [0.15, 0.2) is 66.7 Å². The maximum atomic E-state index is 14.4. The lowest BCUT2D eigenvalue weighted by molar-refractivity contribution is -0.271. The van der Waals surface area contributed by atoms with E-state index in [1.807, 2.05) is 0 Å². The molecule has 0 bridgehead atoms. The number of piperidine rings is 1. The van der Waals surface area contributed by atoms with Crippen LogP contribution in [0.25, 0.3) is 20.5 Å². The minimum absolute atomic E-state index is 0.101. The number of ether oxygens (including phenoxy) is 5. The molecule has 3 fully saturated rings. The number of fused-ring (bicyclic) bond motifs is 1. The van der Waals surface area contributed by atoms with E-state index in [2.05, 4.69) is 4.90 Å². The molecule has 310 valence electrons. The van der Waals surface area contributed by atoms with Gasteiger partial charge in [0.05, 0.1) is 0 Å². The van der Waals surface area contributed by atoms with Crippen molar-refractivity contribution in [3.05, 3.63) is 77.9 Å². The number of hydrogen-bond acceptors (Lipinski definition) is 16. The van der Waals surface area contributed by atoms with Gasteiger partial charge in [0.25, 0.3) is 0 Å². The molecule has 8 N–H and O–H groups in total. The van der Waals surface area contributed by atoms with Gasteiger partial charge in [-0.15, -0.1) is 11.3 Å². The molecule has 58 heavy (non-hydrogen) atoms. The Bertz CT molecular complexity index is 2090. The van der Waals surface area contributed by atoms with Crippen molar-refractivity contribution < 1.29 is 78.9 Å². The smallest absolute Gasteiger partial charge is 0.335 e. The predicted octanol–water partition coefficient (Wildman–Crippen LogP) is 1.21. The molecule has 3 aromatic carbocycles. The average molecular weight is 826 g/mol. The molecule has 0 amide bonds. The van der Waals surface area contributed by atoms with Gasteiger partial charge in [-0.05, 0) is 98.2 Å². The van der Waals surface area contributed by atoms with Crippen LogP contribution in [-0.4, -0.2) is 151 Å². The first-order valence-corrected chi connectivity index (χ1v) is 19.5. The van der Waals surface area contributed by atoms with Crippen LogP contribution in [-0.2, 0) is 19.1 Å². The van der Waals surface area contributed by atoms with E-state index in [9.17, 15) is 55.2 Å². The van der Waals surface area contributed by atoms with Crippen LogP contribution in [0.5, 0.6) is 17.2 Å². The van der Waals surface area contributed by atoms with Crippen LogP contribution in [0.4, 0.5) is 0 Å². The number of likely N-dealkylation sites (tertiary alicyclic amines) is 1. The molecule has 18 heteroatoms.